The molecule has 1 aliphatic rings. The summed E-state index contributed by atoms with van der Waals surface area (Å²) in [5.74, 6) is -3.13. The van der Waals surface area contributed by atoms with Gasteiger partial charge >= 0.3 is 5.97 Å². The van der Waals surface area contributed by atoms with Gasteiger partial charge in [-0.15, -0.1) is 0 Å². The van der Waals surface area contributed by atoms with Gasteiger partial charge in [-0.05, 0) is 31.6 Å². The minimum absolute atomic E-state index is 0.0242. The standard InChI is InChI=1S/C21H38N4O6/c1-6-11(3)15(22)20(29)25-10-8-9-14(25)18(27)23-16(12(4)7-2)19(28)24-17(13(5)26)21(30)31/h11-17,26H,6-10,22H2,1-5H3,(H,23,27)(H,24,28)(H,30,31)/t11-,12-,13+,14-,15-,16-,17-/m0/s1. The number of hydrogen-bond donors (Lipinski definition) is 5. The maximum Gasteiger partial charge on any atom is 0.328 e. The van der Waals surface area contributed by atoms with E-state index in [1.54, 1.807) is 6.92 Å². The van der Waals surface area contributed by atoms with Crippen LogP contribution in [0.1, 0.15) is 60.3 Å². The zero-order chi connectivity index (χ0) is 23.9. The fraction of sp³-hybridized carbons (Fsp3) is 0.810. The second kappa shape index (κ2) is 12.0. The number of aliphatic carboxylic acids is 1. The highest BCUT2D eigenvalue weighted by Crippen LogP contribution is 2.21. The maximum absolute atomic E-state index is 13.0. The van der Waals surface area contributed by atoms with E-state index < -0.39 is 48.1 Å². The van der Waals surface area contributed by atoms with Crippen LogP contribution in [0.2, 0.25) is 0 Å². The van der Waals surface area contributed by atoms with E-state index in [-0.39, 0.29) is 17.7 Å². The normalized spacial score (nSPS) is 22.0. The van der Waals surface area contributed by atoms with Gasteiger partial charge in [-0.3, -0.25) is 14.4 Å². The number of amides is 3. The van der Waals surface area contributed by atoms with E-state index >= 15 is 0 Å². The molecule has 0 aromatic rings. The van der Waals surface area contributed by atoms with Crippen LogP contribution in [0.4, 0.5) is 0 Å². The molecule has 1 fully saturated rings. The molecule has 178 valence electrons. The molecular weight excluding hydrogens is 404 g/mol. The molecule has 1 rings (SSSR count). The van der Waals surface area contributed by atoms with Crippen LogP contribution in [0.25, 0.3) is 0 Å². The lowest BCUT2D eigenvalue weighted by Crippen LogP contribution is -2.59. The van der Waals surface area contributed by atoms with Gasteiger partial charge in [-0.25, -0.2) is 4.79 Å². The van der Waals surface area contributed by atoms with Gasteiger partial charge in [0.25, 0.3) is 0 Å². The molecule has 0 spiro atoms. The Hall–Kier alpha value is -2.20. The molecule has 0 saturated carbocycles. The summed E-state index contributed by atoms with van der Waals surface area (Å²) in [4.78, 5) is 51.4. The van der Waals surface area contributed by atoms with Crippen molar-refractivity contribution >= 4 is 23.7 Å². The Morgan fingerprint density at radius 3 is 2.10 bits per heavy atom. The van der Waals surface area contributed by atoms with Gasteiger partial charge in [0.2, 0.25) is 17.7 Å². The fourth-order valence-corrected chi connectivity index (χ4v) is 3.57. The van der Waals surface area contributed by atoms with Gasteiger partial charge in [-0.2, -0.15) is 0 Å². The lowest BCUT2D eigenvalue weighted by atomic mass is 9.96. The topological polar surface area (TPSA) is 162 Å². The fourth-order valence-electron chi connectivity index (χ4n) is 3.57. The minimum Gasteiger partial charge on any atom is -0.480 e. The van der Waals surface area contributed by atoms with Crippen molar-refractivity contribution in [1.29, 1.82) is 0 Å². The Bertz CT molecular complexity index is 656. The van der Waals surface area contributed by atoms with Gasteiger partial charge in [0.15, 0.2) is 6.04 Å². The van der Waals surface area contributed by atoms with Crippen LogP contribution in [0.5, 0.6) is 0 Å². The molecule has 0 aliphatic carbocycles. The largest absolute Gasteiger partial charge is 0.480 e. The number of hydrogen-bond acceptors (Lipinski definition) is 6. The van der Waals surface area contributed by atoms with E-state index in [2.05, 4.69) is 10.6 Å². The van der Waals surface area contributed by atoms with E-state index in [1.165, 1.54) is 11.8 Å². The molecule has 0 aromatic carbocycles. The highest BCUT2D eigenvalue weighted by Gasteiger charge is 2.39. The Labute approximate surface area is 183 Å². The van der Waals surface area contributed by atoms with Crippen molar-refractivity contribution < 1.29 is 29.4 Å². The lowest BCUT2D eigenvalue weighted by Gasteiger charge is -2.31. The Kier molecular flexibility index (Phi) is 10.4. The zero-order valence-electron chi connectivity index (χ0n) is 19.1. The van der Waals surface area contributed by atoms with Crippen molar-refractivity contribution in [2.45, 2.75) is 90.6 Å². The van der Waals surface area contributed by atoms with Crippen LogP contribution in [-0.4, -0.2) is 75.6 Å². The van der Waals surface area contributed by atoms with Crippen molar-refractivity contribution in [3.63, 3.8) is 0 Å². The first-order chi connectivity index (χ1) is 14.5. The average molecular weight is 443 g/mol. The van der Waals surface area contributed by atoms with Crippen LogP contribution in [0.15, 0.2) is 0 Å². The van der Waals surface area contributed by atoms with Crippen LogP contribution in [-0.2, 0) is 19.2 Å². The molecule has 0 aromatic heterocycles. The van der Waals surface area contributed by atoms with Gasteiger partial charge in [0.1, 0.15) is 12.1 Å². The minimum atomic E-state index is -1.49. The van der Waals surface area contributed by atoms with Crippen molar-refractivity contribution in [2.24, 2.45) is 17.6 Å². The van der Waals surface area contributed by atoms with Crippen LogP contribution >= 0.6 is 0 Å². The van der Waals surface area contributed by atoms with Gasteiger partial charge < -0.3 is 31.5 Å². The molecule has 1 saturated heterocycles. The van der Waals surface area contributed by atoms with E-state index in [1.807, 2.05) is 20.8 Å². The van der Waals surface area contributed by atoms with Gasteiger partial charge in [-0.1, -0.05) is 40.5 Å². The number of carboxylic acid groups (broad SMARTS) is 1. The van der Waals surface area contributed by atoms with Crippen molar-refractivity contribution in [3.05, 3.63) is 0 Å². The zero-order valence-corrected chi connectivity index (χ0v) is 19.1. The van der Waals surface area contributed by atoms with Crippen molar-refractivity contribution in [1.82, 2.24) is 15.5 Å². The van der Waals surface area contributed by atoms with Crippen molar-refractivity contribution in [2.75, 3.05) is 6.54 Å². The van der Waals surface area contributed by atoms with E-state index in [0.29, 0.717) is 25.8 Å². The predicted molar refractivity (Wildman–Crippen MR) is 115 cm³/mol. The monoisotopic (exact) mass is 442 g/mol. The maximum atomic E-state index is 13.0. The summed E-state index contributed by atoms with van der Waals surface area (Å²) in [6.07, 6.45) is 1.10. The van der Waals surface area contributed by atoms with Crippen molar-refractivity contribution in [3.8, 4) is 0 Å². The molecule has 10 heteroatoms. The highest BCUT2D eigenvalue weighted by atomic mass is 16.4. The molecule has 0 radical (unpaired) electrons. The Balaban J connectivity index is 2.97. The van der Waals surface area contributed by atoms with E-state index in [4.69, 9.17) is 5.73 Å². The average Bonchev–Trinajstić information content (AvgIpc) is 3.22. The summed E-state index contributed by atoms with van der Waals surface area (Å²) in [5, 5.41) is 23.9. The highest BCUT2D eigenvalue weighted by molar-refractivity contribution is 5.94. The number of rotatable bonds is 11. The smallest absolute Gasteiger partial charge is 0.328 e. The Morgan fingerprint density at radius 2 is 1.61 bits per heavy atom. The summed E-state index contributed by atoms with van der Waals surface area (Å²) >= 11 is 0. The number of carbonyl (C=O) groups excluding carboxylic acids is 3. The molecular formula is C21H38N4O6. The molecule has 1 aliphatic heterocycles. The lowest BCUT2D eigenvalue weighted by molar-refractivity contribution is -0.146. The third-order valence-corrected chi connectivity index (χ3v) is 6.22. The first-order valence-electron chi connectivity index (χ1n) is 11.0. The first kappa shape index (κ1) is 26.8. The van der Waals surface area contributed by atoms with E-state index in [9.17, 15) is 29.4 Å². The quantitative estimate of drug-likeness (QED) is 0.297. The molecule has 3 amide bonds. The summed E-state index contributed by atoms with van der Waals surface area (Å²) in [6.45, 7) is 9.12. The van der Waals surface area contributed by atoms with Crippen LogP contribution in [0.3, 0.4) is 0 Å². The number of carboxylic acids is 1. The van der Waals surface area contributed by atoms with Gasteiger partial charge in [0.05, 0.1) is 12.1 Å². The third-order valence-electron chi connectivity index (χ3n) is 6.22. The Morgan fingerprint density at radius 1 is 1.03 bits per heavy atom. The van der Waals surface area contributed by atoms with Crippen LogP contribution < -0.4 is 16.4 Å². The molecule has 6 N–H and O–H groups in total. The number of carbonyl (C=O) groups is 4. The first-order valence-corrected chi connectivity index (χ1v) is 11.0. The molecule has 31 heavy (non-hydrogen) atoms. The summed E-state index contributed by atoms with van der Waals surface area (Å²) in [7, 11) is 0. The number of aliphatic hydroxyl groups is 1. The van der Waals surface area contributed by atoms with E-state index in [0.717, 1.165) is 6.42 Å². The predicted octanol–water partition coefficient (Wildman–Crippen LogP) is -0.168. The molecule has 1 heterocycles. The number of likely N-dealkylation sites (tertiary alicyclic amines) is 1. The molecule has 7 atom stereocenters. The second-order valence-corrected chi connectivity index (χ2v) is 8.54. The SMILES string of the molecule is CC[C@H](C)[C@H](N)C(=O)N1CCC[C@H]1C(=O)N[C@H](C(=O)N[C@H](C(=O)O)[C@@H](C)O)[C@@H](C)CC. The summed E-state index contributed by atoms with van der Waals surface area (Å²) in [5.41, 5.74) is 6.08. The number of nitrogens with zero attached hydrogens (tertiary/aromatic N) is 1. The number of nitrogens with two attached hydrogens (primary N) is 1. The van der Waals surface area contributed by atoms with Gasteiger partial charge in [0, 0.05) is 6.54 Å². The molecule has 10 nitrogen and oxygen atoms in total. The third kappa shape index (κ3) is 6.90. The summed E-state index contributed by atoms with van der Waals surface area (Å²) < 4.78 is 0. The molecule has 0 unspecified atom stereocenters. The van der Waals surface area contributed by atoms with Crippen LogP contribution in [0, 0.1) is 11.8 Å². The number of aliphatic hydroxyl groups excluding tert-OH is 1. The molecule has 0 bridgehead atoms. The summed E-state index contributed by atoms with van der Waals surface area (Å²) in [6, 6.07) is -3.92. The second-order valence-electron chi connectivity index (χ2n) is 8.54. The number of nitrogens with one attached hydrogen (secondary N) is 2.